The predicted octanol–water partition coefficient (Wildman–Crippen LogP) is 1.74. The van der Waals surface area contributed by atoms with Crippen molar-refractivity contribution in [3.05, 3.63) is 29.3 Å². The topological polar surface area (TPSA) is 49.4 Å². The van der Waals surface area contributed by atoms with Gasteiger partial charge in [-0.05, 0) is 25.1 Å². The Kier molecular flexibility index (Phi) is 5.43. The molecule has 1 atom stereocenters. The number of halogens is 2. The van der Waals surface area contributed by atoms with E-state index in [1.54, 1.807) is 18.2 Å². The maximum Gasteiger partial charge on any atom is 0.243 e. The zero-order valence-electron chi connectivity index (χ0n) is 9.97. The number of hydrogen-bond acceptors (Lipinski definition) is 3. The van der Waals surface area contributed by atoms with E-state index in [0.717, 1.165) is 0 Å². The summed E-state index contributed by atoms with van der Waals surface area (Å²) in [6.45, 7) is 3.76. The number of hydrogen-bond donors (Lipinski definition) is 1. The van der Waals surface area contributed by atoms with Crippen LogP contribution in [0.25, 0.3) is 0 Å². The van der Waals surface area contributed by atoms with Gasteiger partial charge in [0, 0.05) is 30.7 Å². The lowest BCUT2D eigenvalue weighted by Gasteiger charge is -2.32. The first kappa shape index (κ1) is 15.7. The van der Waals surface area contributed by atoms with E-state index in [2.05, 4.69) is 5.32 Å². The molecule has 2 rings (SSSR count). The van der Waals surface area contributed by atoms with Gasteiger partial charge in [0.1, 0.15) is 0 Å². The van der Waals surface area contributed by atoms with Gasteiger partial charge in [-0.25, -0.2) is 8.42 Å². The first-order chi connectivity index (χ1) is 8.01. The fourth-order valence-corrected chi connectivity index (χ4v) is 3.87. The van der Waals surface area contributed by atoms with Crippen LogP contribution in [0.4, 0.5) is 0 Å². The number of nitrogens with one attached hydrogen (secondary N) is 1. The first-order valence-corrected chi connectivity index (χ1v) is 7.32. The van der Waals surface area contributed by atoms with Gasteiger partial charge in [0.15, 0.2) is 0 Å². The van der Waals surface area contributed by atoms with Crippen LogP contribution in [-0.4, -0.2) is 38.4 Å². The Balaban J connectivity index is 0.00000162. The largest absolute Gasteiger partial charge is 0.314 e. The van der Waals surface area contributed by atoms with Crippen molar-refractivity contribution >= 4 is 34.0 Å². The third kappa shape index (κ3) is 3.16. The van der Waals surface area contributed by atoms with Crippen molar-refractivity contribution in [3.63, 3.8) is 0 Å². The molecule has 0 spiro atoms. The summed E-state index contributed by atoms with van der Waals surface area (Å²) in [5, 5.41) is 3.61. The molecule has 0 aromatic heterocycles. The van der Waals surface area contributed by atoms with Crippen molar-refractivity contribution in [3.8, 4) is 0 Å². The van der Waals surface area contributed by atoms with Crippen LogP contribution < -0.4 is 5.32 Å². The lowest BCUT2D eigenvalue weighted by atomic mass is 10.3. The molecular weight excluding hydrogens is 295 g/mol. The third-order valence-corrected chi connectivity index (χ3v) is 5.09. The van der Waals surface area contributed by atoms with E-state index in [1.165, 1.54) is 10.4 Å². The summed E-state index contributed by atoms with van der Waals surface area (Å²) in [7, 11) is -3.42. The van der Waals surface area contributed by atoms with Crippen molar-refractivity contribution in [2.45, 2.75) is 17.9 Å². The third-order valence-electron chi connectivity index (χ3n) is 2.84. The van der Waals surface area contributed by atoms with E-state index in [0.29, 0.717) is 24.7 Å². The standard InChI is InChI=1S/C11H15ClN2O2S.ClH/c1-9-8-13-5-6-14(9)17(15,16)11-4-2-3-10(12)7-11;/h2-4,7,9,13H,5-6,8H2,1H3;1H. The fraction of sp³-hybridized carbons (Fsp3) is 0.455. The minimum Gasteiger partial charge on any atom is -0.314 e. The number of piperazine rings is 1. The van der Waals surface area contributed by atoms with Crippen LogP contribution in [0.2, 0.25) is 5.02 Å². The highest BCUT2D eigenvalue weighted by atomic mass is 35.5. The molecule has 1 fully saturated rings. The van der Waals surface area contributed by atoms with Crippen LogP contribution in [0, 0.1) is 0 Å². The molecule has 0 aliphatic carbocycles. The maximum absolute atomic E-state index is 12.4. The quantitative estimate of drug-likeness (QED) is 0.905. The molecule has 0 amide bonds. The molecule has 0 bridgehead atoms. The molecule has 1 saturated heterocycles. The van der Waals surface area contributed by atoms with E-state index < -0.39 is 10.0 Å². The van der Waals surface area contributed by atoms with Crippen molar-refractivity contribution in [2.24, 2.45) is 0 Å². The molecule has 1 unspecified atom stereocenters. The van der Waals surface area contributed by atoms with Gasteiger partial charge < -0.3 is 5.32 Å². The van der Waals surface area contributed by atoms with Gasteiger partial charge in [-0.3, -0.25) is 0 Å². The molecule has 1 N–H and O–H groups in total. The SMILES string of the molecule is CC1CNCCN1S(=O)(=O)c1cccc(Cl)c1.Cl. The highest BCUT2D eigenvalue weighted by Crippen LogP contribution is 2.21. The Bertz CT molecular complexity index is 508. The van der Waals surface area contributed by atoms with Gasteiger partial charge in [-0.2, -0.15) is 4.31 Å². The molecule has 1 aromatic carbocycles. The van der Waals surface area contributed by atoms with E-state index in [4.69, 9.17) is 11.6 Å². The van der Waals surface area contributed by atoms with Crippen molar-refractivity contribution < 1.29 is 8.42 Å². The summed E-state index contributed by atoms with van der Waals surface area (Å²) in [4.78, 5) is 0.263. The second-order valence-electron chi connectivity index (χ2n) is 4.13. The minimum absolute atomic E-state index is 0. The van der Waals surface area contributed by atoms with Gasteiger partial charge in [-0.1, -0.05) is 17.7 Å². The van der Waals surface area contributed by atoms with Crippen LogP contribution in [0.3, 0.4) is 0 Å². The Hall–Kier alpha value is -0.330. The van der Waals surface area contributed by atoms with Crippen LogP contribution in [0.15, 0.2) is 29.2 Å². The average Bonchev–Trinajstić information content (AvgIpc) is 2.29. The van der Waals surface area contributed by atoms with Gasteiger partial charge in [0.25, 0.3) is 0 Å². The maximum atomic E-state index is 12.4. The zero-order valence-corrected chi connectivity index (χ0v) is 12.4. The Morgan fingerprint density at radius 2 is 2.17 bits per heavy atom. The summed E-state index contributed by atoms with van der Waals surface area (Å²) in [5.41, 5.74) is 0. The summed E-state index contributed by atoms with van der Waals surface area (Å²) < 4.78 is 26.3. The fourth-order valence-electron chi connectivity index (χ4n) is 1.94. The molecule has 102 valence electrons. The van der Waals surface area contributed by atoms with Gasteiger partial charge in [0.05, 0.1) is 4.90 Å². The number of benzene rings is 1. The molecule has 1 aliphatic heterocycles. The van der Waals surface area contributed by atoms with Crippen LogP contribution >= 0.6 is 24.0 Å². The van der Waals surface area contributed by atoms with Gasteiger partial charge >= 0.3 is 0 Å². The van der Waals surface area contributed by atoms with Crippen molar-refractivity contribution in [2.75, 3.05) is 19.6 Å². The van der Waals surface area contributed by atoms with Crippen LogP contribution in [-0.2, 0) is 10.0 Å². The normalized spacial score (nSPS) is 21.3. The Morgan fingerprint density at radius 1 is 1.44 bits per heavy atom. The van der Waals surface area contributed by atoms with Crippen molar-refractivity contribution in [1.82, 2.24) is 9.62 Å². The molecule has 1 aliphatic rings. The van der Waals surface area contributed by atoms with E-state index >= 15 is 0 Å². The molecule has 7 heteroatoms. The number of sulfonamides is 1. The van der Waals surface area contributed by atoms with E-state index in [9.17, 15) is 8.42 Å². The lowest BCUT2D eigenvalue weighted by molar-refractivity contribution is 0.284. The number of rotatable bonds is 2. The Labute approximate surface area is 119 Å². The molecule has 4 nitrogen and oxygen atoms in total. The second-order valence-corrected chi connectivity index (χ2v) is 6.45. The molecule has 1 heterocycles. The van der Waals surface area contributed by atoms with Crippen LogP contribution in [0.1, 0.15) is 6.92 Å². The summed E-state index contributed by atoms with van der Waals surface area (Å²) in [6, 6.07) is 6.36. The number of nitrogens with zero attached hydrogens (tertiary/aromatic N) is 1. The summed E-state index contributed by atoms with van der Waals surface area (Å²) in [5.74, 6) is 0. The van der Waals surface area contributed by atoms with E-state index in [1.807, 2.05) is 6.92 Å². The minimum atomic E-state index is -3.42. The van der Waals surface area contributed by atoms with Crippen LogP contribution in [0.5, 0.6) is 0 Å². The van der Waals surface area contributed by atoms with E-state index in [-0.39, 0.29) is 23.3 Å². The predicted molar refractivity (Wildman–Crippen MR) is 74.9 cm³/mol. The monoisotopic (exact) mass is 310 g/mol. The highest BCUT2D eigenvalue weighted by molar-refractivity contribution is 7.89. The molecular formula is C11H16Cl2N2O2S. The lowest BCUT2D eigenvalue weighted by Crippen LogP contribution is -2.52. The summed E-state index contributed by atoms with van der Waals surface area (Å²) >= 11 is 5.83. The first-order valence-electron chi connectivity index (χ1n) is 5.50. The zero-order chi connectivity index (χ0) is 12.5. The van der Waals surface area contributed by atoms with Gasteiger partial charge in [0.2, 0.25) is 10.0 Å². The molecule has 1 aromatic rings. The highest BCUT2D eigenvalue weighted by Gasteiger charge is 2.30. The van der Waals surface area contributed by atoms with Crippen molar-refractivity contribution in [1.29, 1.82) is 0 Å². The molecule has 0 saturated carbocycles. The smallest absolute Gasteiger partial charge is 0.243 e. The second kappa shape index (κ2) is 6.21. The molecule has 0 radical (unpaired) electrons. The summed E-state index contributed by atoms with van der Waals surface area (Å²) in [6.07, 6.45) is 0. The Morgan fingerprint density at radius 3 is 2.78 bits per heavy atom. The van der Waals surface area contributed by atoms with Gasteiger partial charge in [-0.15, -0.1) is 12.4 Å². The molecule has 18 heavy (non-hydrogen) atoms. The average molecular weight is 311 g/mol.